The average molecular weight is 822 g/mol. The van der Waals surface area contributed by atoms with E-state index in [2.05, 4.69) is 36.4 Å². The van der Waals surface area contributed by atoms with Crippen molar-refractivity contribution in [3.63, 3.8) is 0 Å². The van der Waals surface area contributed by atoms with Crippen LogP contribution in [0.1, 0.15) is 120 Å². The number of aryl methyl sites for hydroxylation is 2. The van der Waals surface area contributed by atoms with E-state index >= 15 is 0 Å². The number of carbonyl (C=O) groups excluding carboxylic acids is 4. The number of phenols is 1. The minimum Gasteiger partial charge on any atom is -0.508 e. The van der Waals surface area contributed by atoms with Gasteiger partial charge < -0.3 is 51.8 Å². The van der Waals surface area contributed by atoms with Crippen LogP contribution in [0.5, 0.6) is 5.75 Å². The van der Waals surface area contributed by atoms with Gasteiger partial charge in [0.15, 0.2) is 11.8 Å². The lowest BCUT2D eigenvalue weighted by Gasteiger charge is -2.27. The van der Waals surface area contributed by atoms with Crippen molar-refractivity contribution in [2.45, 2.75) is 136 Å². The quantitative estimate of drug-likeness (QED) is 0.0456. The largest absolute Gasteiger partial charge is 0.508 e. The van der Waals surface area contributed by atoms with Gasteiger partial charge in [0.2, 0.25) is 17.7 Å². The van der Waals surface area contributed by atoms with Gasteiger partial charge in [-0.3, -0.25) is 14.6 Å². The van der Waals surface area contributed by atoms with Crippen molar-refractivity contribution in [2.75, 3.05) is 13.1 Å². The van der Waals surface area contributed by atoms with Crippen LogP contribution in [0.25, 0.3) is 0 Å². The van der Waals surface area contributed by atoms with Crippen LogP contribution < -0.4 is 32.7 Å². The number of amides is 4. The molecule has 0 aliphatic rings. The highest BCUT2D eigenvalue weighted by molar-refractivity contribution is 5.91. The van der Waals surface area contributed by atoms with Crippen LogP contribution in [0.3, 0.4) is 0 Å². The number of carbonyl (C=O) groups is 4. The van der Waals surface area contributed by atoms with Gasteiger partial charge in [0.05, 0.1) is 0 Å². The molecule has 4 amide bonds. The van der Waals surface area contributed by atoms with E-state index in [-0.39, 0.29) is 37.0 Å². The Labute approximate surface area is 346 Å². The van der Waals surface area contributed by atoms with Gasteiger partial charge in [0.1, 0.15) is 35.1 Å². The number of phenolic OH excluding ortho intramolecular Hbond substituents is 1. The molecule has 0 aliphatic heterocycles. The molecule has 0 saturated carbocycles. The lowest BCUT2D eigenvalue weighted by atomic mass is 9.95. The maximum absolute atomic E-state index is 14.5. The normalized spacial score (nSPS) is 13.0. The third kappa shape index (κ3) is 18.1. The van der Waals surface area contributed by atoms with Gasteiger partial charge in [0.25, 0.3) is 0 Å². The number of aromatic hydroxyl groups is 1. The summed E-state index contributed by atoms with van der Waals surface area (Å²) in [6.07, 6.45) is 1.97. The Balaban J connectivity index is 1.89. The summed E-state index contributed by atoms with van der Waals surface area (Å²) in [6, 6.07) is 9.82. The third-order valence-electron chi connectivity index (χ3n) is 8.82. The van der Waals surface area contributed by atoms with Gasteiger partial charge in [-0.2, -0.15) is 4.98 Å². The molecule has 0 saturated heterocycles. The van der Waals surface area contributed by atoms with Crippen molar-refractivity contribution >= 4 is 30.0 Å². The minimum absolute atomic E-state index is 0.0504. The summed E-state index contributed by atoms with van der Waals surface area (Å²) in [6.45, 7) is 14.7. The predicted octanol–water partition coefficient (Wildman–Crippen LogP) is 4.90. The standard InChI is InChI=1S/C42H63N9O8/c1-26-22-29(52)23-27(2)30(26)25-33(48-35(53)31(19-15-21-45-38(43)44)49-40(56)58-42(6,7)8)36(54)47-32(18-13-10-14-20-46-39(55)57-41(3,4)5)37-50-34(51-59-37)24-28-16-11-9-12-17-28/h9,11-12,16-17,22-23,31-33,52H,10,13-15,18-21,24-25H2,1-8H3,(H,46,55)(H,47,54)(H,48,53)(H,49,56)(H4,43,44,45)/t31-,32+,33+/m1/s1. The van der Waals surface area contributed by atoms with Gasteiger partial charge in [0, 0.05) is 25.9 Å². The molecule has 1 aromatic heterocycles. The number of nitrogens with one attached hydrogen (secondary N) is 4. The Kier molecular flexibility index (Phi) is 18.0. The first-order chi connectivity index (χ1) is 27.7. The Morgan fingerprint density at radius 2 is 1.44 bits per heavy atom. The number of ether oxygens (including phenoxy) is 2. The molecule has 17 nitrogen and oxygen atoms in total. The molecule has 9 N–H and O–H groups in total. The van der Waals surface area contributed by atoms with E-state index in [1.807, 2.05) is 44.2 Å². The summed E-state index contributed by atoms with van der Waals surface area (Å²) >= 11 is 0. The Hall–Kier alpha value is -5.87. The van der Waals surface area contributed by atoms with E-state index in [9.17, 15) is 24.3 Å². The molecule has 59 heavy (non-hydrogen) atoms. The van der Waals surface area contributed by atoms with Gasteiger partial charge in [-0.15, -0.1) is 0 Å². The van der Waals surface area contributed by atoms with Gasteiger partial charge in [-0.1, -0.05) is 48.3 Å². The van der Waals surface area contributed by atoms with Crippen molar-refractivity contribution in [2.24, 2.45) is 16.5 Å². The summed E-state index contributed by atoms with van der Waals surface area (Å²) in [5.74, 6) is -0.581. The smallest absolute Gasteiger partial charge is 0.408 e. The number of rotatable bonds is 20. The van der Waals surface area contributed by atoms with Crippen molar-refractivity contribution in [3.05, 3.63) is 76.4 Å². The fraction of sp³-hybridized carbons (Fsp3) is 0.548. The van der Waals surface area contributed by atoms with Gasteiger partial charge >= 0.3 is 12.2 Å². The highest BCUT2D eigenvalue weighted by atomic mass is 16.6. The number of alkyl carbamates (subject to hydrolysis) is 2. The van der Waals surface area contributed by atoms with Gasteiger partial charge in [-0.05, 0) is 115 Å². The molecule has 0 unspecified atom stereocenters. The number of unbranched alkanes of at least 4 members (excludes halogenated alkanes) is 2. The van der Waals surface area contributed by atoms with Crippen LogP contribution in [0, 0.1) is 13.8 Å². The van der Waals surface area contributed by atoms with Crippen LogP contribution in [-0.2, 0) is 31.9 Å². The molecule has 1 heterocycles. The van der Waals surface area contributed by atoms with Crippen molar-refractivity contribution in [3.8, 4) is 5.75 Å². The van der Waals surface area contributed by atoms with E-state index in [4.69, 9.17) is 25.5 Å². The van der Waals surface area contributed by atoms with Crippen molar-refractivity contribution in [1.82, 2.24) is 31.4 Å². The maximum atomic E-state index is 14.5. The first-order valence-electron chi connectivity index (χ1n) is 20.0. The zero-order valence-corrected chi connectivity index (χ0v) is 35.6. The topological polar surface area (TPSA) is 258 Å². The summed E-state index contributed by atoms with van der Waals surface area (Å²) in [5.41, 5.74) is 12.7. The molecule has 2 aromatic carbocycles. The fourth-order valence-corrected chi connectivity index (χ4v) is 6.14. The average Bonchev–Trinajstić information content (AvgIpc) is 3.58. The molecule has 0 spiro atoms. The van der Waals surface area contributed by atoms with E-state index in [1.165, 1.54) is 0 Å². The van der Waals surface area contributed by atoms with E-state index < -0.39 is 53.3 Å². The van der Waals surface area contributed by atoms with Crippen LogP contribution in [-0.4, -0.2) is 81.6 Å². The number of hydrogen-bond donors (Lipinski definition) is 7. The maximum Gasteiger partial charge on any atom is 0.408 e. The Morgan fingerprint density at radius 3 is 2.07 bits per heavy atom. The molecule has 3 atom stereocenters. The molecule has 324 valence electrons. The molecule has 0 aliphatic carbocycles. The second kappa shape index (κ2) is 22.3. The summed E-state index contributed by atoms with van der Waals surface area (Å²) in [4.78, 5) is 62.2. The molecular formula is C42H63N9O8. The van der Waals surface area contributed by atoms with E-state index in [0.717, 1.165) is 11.1 Å². The number of nitrogens with zero attached hydrogens (tertiary/aromatic N) is 3. The van der Waals surface area contributed by atoms with Crippen LogP contribution in [0.4, 0.5) is 9.59 Å². The Morgan fingerprint density at radius 1 is 0.814 bits per heavy atom. The number of guanidine groups is 1. The monoisotopic (exact) mass is 821 g/mol. The SMILES string of the molecule is Cc1cc(O)cc(C)c1C[C@H](NC(=O)[C@@H](CCCN=C(N)N)NC(=O)OC(C)(C)C)C(=O)N[C@@H](CCCCCNC(=O)OC(C)(C)C)c1nc(Cc2ccccc2)no1. The number of hydrogen-bond acceptors (Lipinski definition) is 11. The number of nitrogens with two attached hydrogens (primary N) is 2. The van der Waals surface area contributed by atoms with E-state index in [0.29, 0.717) is 62.0 Å². The summed E-state index contributed by atoms with van der Waals surface area (Å²) in [5, 5.41) is 25.8. The number of aromatic nitrogens is 2. The number of aliphatic imine (C=N–C) groups is 1. The lowest BCUT2D eigenvalue weighted by Crippen LogP contribution is -2.55. The van der Waals surface area contributed by atoms with E-state index in [1.54, 1.807) is 53.7 Å². The molecule has 3 rings (SSSR count). The zero-order chi connectivity index (χ0) is 43.8. The lowest BCUT2D eigenvalue weighted by molar-refractivity contribution is -0.130. The molecule has 0 radical (unpaired) electrons. The molecular weight excluding hydrogens is 759 g/mol. The molecule has 0 fully saturated rings. The van der Waals surface area contributed by atoms with Crippen molar-refractivity contribution in [1.29, 1.82) is 0 Å². The highest BCUT2D eigenvalue weighted by Crippen LogP contribution is 2.24. The molecule has 3 aromatic rings. The molecule has 17 heteroatoms. The Bertz CT molecular complexity index is 1840. The fourth-order valence-electron chi connectivity index (χ4n) is 6.14. The third-order valence-corrected chi connectivity index (χ3v) is 8.82. The van der Waals surface area contributed by atoms with Crippen molar-refractivity contribution < 1.29 is 38.3 Å². The second-order valence-corrected chi connectivity index (χ2v) is 16.5. The summed E-state index contributed by atoms with van der Waals surface area (Å²) in [7, 11) is 0. The first-order valence-corrected chi connectivity index (χ1v) is 20.0. The zero-order valence-electron chi connectivity index (χ0n) is 35.6. The molecule has 0 bridgehead atoms. The predicted molar refractivity (Wildman–Crippen MR) is 223 cm³/mol. The van der Waals surface area contributed by atoms with Gasteiger partial charge in [-0.25, -0.2) is 9.59 Å². The number of benzene rings is 2. The summed E-state index contributed by atoms with van der Waals surface area (Å²) < 4.78 is 16.5. The second-order valence-electron chi connectivity index (χ2n) is 16.5. The van der Waals surface area contributed by atoms with Crippen LogP contribution in [0.15, 0.2) is 52.0 Å². The van der Waals surface area contributed by atoms with Crippen LogP contribution >= 0.6 is 0 Å². The first kappa shape index (κ1) is 47.5. The minimum atomic E-state index is -1.16. The highest BCUT2D eigenvalue weighted by Gasteiger charge is 2.31. The van der Waals surface area contributed by atoms with Crippen LogP contribution in [0.2, 0.25) is 0 Å².